The molecule has 0 saturated heterocycles. The van der Waals surface area contributed by atoms with E-state index in [0.717, 1.165) is 0 Å². The minimum atomic E-state index is -0.419. The molecule has 0 aromatic rings. The fourth-order valence-electron chi connectivity index (χ4n) is 1.03. The van der Waals surface area contributed by atoms with Crippen LogP contribution < -0.4 is 10.6 Å². The highest BCUT2D eigenvalue weighted by atomic mass is 16.5. The molecule has 2 N–H and O–H groups in total. The van der Waals surface area contributed by atoms with E-state index in [4.69, 9.17) is 0 Å². The first-order chi connectivity index (χ1) is 10.1. The Balaban J connectivity index is -0.000000333. The molecule has 0 aliphatic carbocycles. The summed E-state index contributed by atoms with van der Waals surface area (Å²) in [7, 11) is 2.86. The van der Waals surface area contributed by atoms with Crippen LogP contribution in [0.2, 0.25) is 0 Å². The summed E-state index contributed by atoms with van der Waals surface area (Å²) < 4.78 is 9.12. The number of hydrogen-bond acceptors (Lipinski definition) is 6. The Morgan fingerprint density at radius 1 is 0.783 bits per heavy atom. The van der Waals surface area contributed by atoms with E-state index in [0.29, 0.717) is 0 Å². The van der Waals surface area contributed by atoms with Gasteiger partial charge in [-0.1, -0.05) is 7.43 Å². The molecule has 0 aliphatic rings. The number of ether oxygens (including phenoxy) is 2. The van der Waals surface area contributed by atoms with Crippen molar-refractivity contribution < 1.29 is 28.7 Å². The van der Waals surface area contributed by atoms with Gasteiger partial charge in [-0.3, -0.25) is 19.2 Å². The van der Waals surface area contributed by atoms with Crippen LogP contribution in [0.5, 0.6) is 0 Å². The van der Waals surface area contributed by atoms with Crippen LogP contribution in [0.3, 0.4) is 0 Å². The molecule has 2 amide bonds. The third-order valence-corrected chi connectivity index (χ3v) is 2.53. The minimum absolute atomic E-state index is 0. The van der Waals surface area contributed by atoms with Crippen molar-refractivity contribution in [3.8, 4) is 0 Å². The van der Waals surface area contributed by atoms with Gasteiger partial charge in [0.15, 0.2) is 11.6 Å². The molecule has 0 aliphatic heterocycles. The number of methoxy groups -OCH3 is 2. The highest BCUT2D eigenvalue weighted by Crippen LogP contribution is 1.83. The predicted octanol–water partition coefficient (Wildman–Crippen LogP) is 0.0891. The molecule has 2 unspecified atom stereocenters. The van der Waals surface area contributed by atoms with Crippen LogP contribution in [-0.2, 0) is 28.7 Å². The molecule has 0 rings (SSSR count). The molecular weight excluding hydrogens is 304 g/mol. The second-order valence-corrected chi connectivity index (χ2v) is 4.67. The van der Waals surface area contributed by atoms with E-state index in [9.17, 15) is 19.2 Å². The first-order valence-corrected chi connectivity index (χ1v) is 6.73. The molecule has 0 radical (unpaired) electrons. The summed E-state index contributed by atoms with van der Waals surface area (Å²) in [4.78, 5) is 42.8. The van der Waals surface area contributed by atoms with Crippen molar-refractivity contribution in [2.24, 2.45) is 0 Å². The van der Waals surface area contributed by atoms with Crippen LogP contribution in [0.15, 0.2) is 0 Å². The molecule has 23 heavy (non-hydrogen) atoms. The van der Waals surface area contributed by atoms with E-state index < -0.39 is 12.1 Å². The minimum Gasteiger partial charge on any atom is -0.375 e. The smallest absolute Gasteiger partial charge is 0.246 e. The van der Waals surface area contributed by atoms with Crippen molar-refractivity contribution in [2.45, 2.75) is 47.2 Å². The second kappa shape index (κ2) is 15.1. The van der Waals surface area contributed by atoms with Crippen LogP contribution in [0, 0.1) is 0 Å². The van der Waals surface area contributed by atoms with E-state index in [1.807, 2.05) is 0 Å². The van der Waals surface area contributed by atoms with Gasteiger partial charge < -0.3 is 20.1 Å². The van der Waals surface area contributed by atoms with Gasteiger partial charge in [0.25, 0.3) is 0 Å². The average molecular weight is 334 g/mol. The molecule has 0 bridgehead atoms. The van der Waals surface area contributed by atoms with E-state index in [2.05, 4.69) is 20.1 Å². The number of hydrogen-bond donors (Lipinski definition) is 2. The van der Waals surface area contributed by atoms with Crippen molar-refractivity contribution in [3.05, 3.63) is 0 Å². The molecule has 8 heteroatoms. The van der Waals surface area contributed by atoms with Crippen molar-refractivity contribution in [1.29, 1.82) is 0 Å². The molecule has 0 saturated carbocycles. The molecule has 8 nitrogen and oxygen atoms in total. The zero-order valence-corrected chi connectivity index (χ0v) is 14.0. The summed E-state index contributed by atoms with van der Waals surface area (Å²) in [5.41, 5.74) is 0. The quantitative estimate of drug-likeness (QED) is 0.651. The van der Waals surface area contributed by atoms with E-state index in [1.165, 1.54) is 28.1 Å². The van der Waals surface area contributed by atoms with Gasteiger partial charge in [0.05, 0.1) is 12.1 Å². The number of amides is 2. The largest absolute Gasteiger partial charge is 0.375 e. The van der Waals surface area contributed by atoms with Gasteiger partial charge in [0.2, 0.25) is 11.8 Å². The highest BCUT2D eigenvalue weighted by molar-refractivity contribution is 5.88. The molecule has 0 aromatic heterocycles. The van der Waals surface area contributed by atoms with Gasteiger partial charge in [-0.15, -0.1) is 0 Å². The number of carbonyl (C=O) groups excluding carboxylic acids is 4. The number of ketones is 2. The van der Waals surface area contributed by atoms with Crippen LogP contribution in [0.4, 0.5) is 0 Å². The standard InChI is InChI=1S/2C7H13NO3.CH4/c2*1-5(6(2)9)8-7(10)4-11-3;/h2*5H,4H2,1-3H3,(H,8,10);1H4. The lowest BCUT2D eigenvalue weighted by Gasteiger charge is -2.08. The molecule has 0 spiro atoms. The summed E-state index contributed by atoms with van der Waals surface area (Å²) in [6.07, 6.45) is 0. The Kier molecular flexibility index (Phi) is 17.2. The average Bonchev–Trinajstić information content (AvgIpc) is 2.39. The van der Waals surface area contributed by atoms with Crippen molar-refractivity contribution in [2.75, 3.05) is 27.4 Å². The lowest BCUT2D eigenvalue weighted by Crippen LogP contribution is -2.39. The van der Waals surface area contributed by atoms with Gasteiger partial charge in [-0.2, -0.15) is 0 Å². The van der Waals surface area contributed by atoms with Crippen molar-refractivity contribution in [1.82, 2.24) is 10.6 Å². The van der Waals surface area contributed by atoms with Gasteiger partial charge in [-0.05, 0) is 27.7 Å². The summed E-state index contributed by atoms with van der Waals surface area (Å²) >= 11 is 0. The third-order valence-electron chi connectivity index (χ3n) is 2.53. The van der Waals surface area contributed by atoms with Gasteiger partial charge in [0, 0.05) is 14.2 Å². The number of carbonyl (C=O) groups is 4. The van der Waals surface area contributed by atoms with E-state index in [-0.39, 0.29) is 44.0 Å². The summed E-state index contributed by atoms with van der Waals surface area (Å²) in [6.45, 7) is 6.12. The van der Waals surface area contributed by atoms with E-state index in [1.54, 1.807) is 13.8 Å². The molecule has 136 valence electrons. The monoisotopic (exact) mass is 334 g/mol. The first-order valence-electron chi connectivity index (χ1n) is 6.73. The fourth-order valence-corrected chi connectivity index (χ4v) is 1.03. The maximum Gasteiger partial charge on any atom is 0.246 e. The zero-order valence-electron chi connectivity index (χ0n) is 14.0. The molecule has 0 aromatic carbocycles. The summed E-state index contributed by atoms with van der Waals surface area (Å²) in [5.74, 6) is -0.658. The Morgan fingerprint density at radius 3 is 1.22 bits per heavy atom. The summed E-state index contributed by atoms with van der Waals surface area (Å²) in [6, 6.07) is -0.838. The topological polar surface area (TPSA) is 111 Å². The number of Topliss-reactive ketones (excluding diaryl/α,β-unsaturated/α-hetero) is 2. The Labute approximate surface area is 138 Å². The fraction of sp³-hybridized carbons (Fsp3) is 0.733. The predicted molar refractivity (Wildman–Crippen MR) is 87.1 cm³/mol. The molecule has 2 atom stereocenters. The Morgan fingerprint density at radius 2 is 1.04 bits per heavy atom. The molecule has 0 fully saturated rings. The van der Waals surface area contributed by atoms with Crippen LogP contribution >= 0.6 is 0 Å². The van der Waals surface area contributed by atoms with Crippen LogP contribution in [0.25, 0.3) is 0 Å². The third kappa shape index (κ3) is 16.4. The lowest BCUT2D eigenvalue weighted by molar-refractivity contribution is -0.129. The maximum absolute atomic E-state index is 10.8. The molecular formula is C15H30N2O6. The van der Waals surface area contributed by atoms with Crippen LogP contribution in [0.1, 0.15) is 35.1 Å². The highest BCUT2D eigenvalue weighted by Gasteiger charge is 2.10. The van der Waals surface area contributed by atoms with Crippen molar-refractivity contribution in [3.63, 3.8) is 0 Å². The van der Waals surface area contributed by atoms with E-state index >= 15 is 0 Å². The Bertz CT molecular complexity index is 348. The summed E-state index contributed by atoms with van der Waals surface area (Å²) in [5, 5.41) is 4.93. The zero-order chi connectivity index (χ0) is 17.7. The maximum atomic E-state index is 10.8. The first kappa shape index (κ1) is 26.1. The second-order valence-electron chi connectivity index (χ2n) is 4.67. The SMILES string of the molecule is C.COCC(=O)NC(C)C(C)=O.COCC(=O)NC(C)C(C)=O. The van der Waals surface area contributed by atoms with Crippen molar-refractivity contribution >= 4 is 23.4 Å². The van der Waals surface area contributed by atoms with Gasteiger partial charge in [0.1, 0.15) is 13.2 Å². The lowest BCUT2D eigenvalue weighted by atomic mass is 10.2. The normalized spacial score (nSPS) is 11.7. The van der Waals surface area contributed by atoms with Crippen LogP contribution in [-0.4, -0.2) is 62.9 Å². The number of rotatable bonds is 8. The van der Waals surface area contributed by atoms with Gasteiger partial charge >= 0.3 is 0 Å². The Hall–Kier alpha value is -1.80. The van der Waals surface area contributed by atoms with Gasteiger partial charge in [-0.25, -0.2) is 0 Å². The number of nitrogens with one attached hydrogen (secondary N) is 2. The molecule has 0 heterocycles.